The summed E-state index contributed by atoms with van der Waals surface area (Å²) < 4.78 is 24.4. The highest BCUT2D eigenvalue weighted by atomic mass is 35.5. The predicted molar refractivity (Wildman–Crippen MR) is 106 cm³/mol. The van der Waals surface area contributed by atoms with Gasteiger partial charge < -0.3 is 14.8 Å². The Morgan fingerprint density at radius 1 is 1.21 bits per heavy atom. The van der Waals surface area contributed by atoms with Crippen LogP contribution in [0.3, 0.4) is 0 Å². The van der Waals surface area contributed by atoms with Crippen LogP contribution >= 0.6 is 11.6 Å². The maximum absolute atomic E-state index is 13.8. The summed E-state index contributed by atoms with van der Waals surface area (Å²) >= 11 is 5.66. The van der Waals surface area contributed by atoms with Crippen molar-refractivity contribution >= 4 is 29.5 Å². The van der Waals surface area contributed by atoms with Crippen LogP contribution in [0.1, 0.15) is 5.56 Å². The second-order valence-electron chi connectivity index (χ2n) is 5.49. The van der Waals surface area contributed by atoms with Gasteiger partial charge >= 0.3 is 6.03 Å². The monoisotopic (exact) mass is 415 g/mol. The average molecular weight is 416 g/mol. The Labute approximate surface area is 170 Å². The fraction of sp³-hybridized carbons (Fsp3) is 0.0526. The number of hydrogen-bond acceptors (Lipinski definition) is 6. The number of nitrogens with zero attached hydrogens (tertiary/aromatic N) is 3. The number of ether oxygens (including phenoxy) is 2. The van der Waals surface area contributed by atoms with Crippen LogP contribution in [-0.4, -0.2) is 29.3 Å². The number of anilines is 1. The lowest BCUT2D eigenvalue weighted by atomic mass is 10.2. The molecule has 1 aromatic heterocycles. The molecule has 2 aromatic carbocycles. The fourth-order valence-corrected chi connectivity index (χ4v) is 2.33. The minimum absolute atomic E-state index is 0.149. The van der Waals surface area contributed by atoms with Crippen LogP contribution in [0.2, 0.25) is 5.28 Å². The number of benzene rings is 2. The third-order valence-electron chi connectivity index (χ3n) is 3.49. The molecule has 0 aliphatic heterocycles. The Morgan fingerprint density at radius 2 is 2.00 bits per heavy atom. The molecule has 0 radical (unpaired) electrons. The molecule has 2 N–H and O–H groups in total. The van der Waals surface area contributed by atoms with E-state index in [1.54, 1.807) is 42.5 Å². The van der Waals surface area contributed by atoms with E-state index in [0.717, 1.165) is 6.20 Å². The molecular weight excluding hydrogens is 401 g/mol. The smallest absolute Gasteiger partial charge is 0.339 e. The van der Waals surface area contributed by atoms with Gasteiger partial charge in [0.15, 0.2) is 11.5 Å². The molecule has 148 valence electrons. The first-order valence-corrected chi connectivity index (χ1v) is 8.62. The van der Waals surface area contributed by atoms with E-state index in [9.17, 15) is 9.18 Å². The van der Waals surface area contributed by atoms with Gasteiger partial charge in [0.25, 0.3) is 5.88 Å². The first kappa shape index (κ1) is 20.0. The van der Waals surface area contributed by atoms with E-state index in [2.05, 4.69) is 25.8 Å². The quantitative estimate of drug-likeness (QED) is 0.357. The van der Waals surface area contributed by atoms with Gasteiger partial charge in [-0.3, -0.25) is 0 Å². The molecule has 0 fully saturated rings. The number of amides is 2. The maximum Gasteiger partial charge on any atom is 0.339 e. The van der Waals surface area contributed by atoms with E-state index in [1.165, 1.54) is 13.3 Å². The van der Waals surface area contributed by atoms with Crippen LogP contribution in [-0.2, 0) is 0 Å². The van der Waals surface area contributed by atoms with Crippen LogP contribution < -0.4 is 20.2 Å². The van der Waals surface area contributed by atoms with Gasteiger partial charge in [-0.1, -0.05) is 18.2 Å². The summed E-state index contributed by atoms with van der Waals surface area (Å²) in [6.45, 7) is 0. The van der Waals surface area contributed by atoms with Crippen molar-refractivity contribution in [3.05, 3.63) is 71.4 Å². The highest BCUT2D eigenvalue weighted by Crippen LogP contribution is 2.32. The third-order valence-corrected chi connectivity index (χ3v) is 3.67. The van der Waals surface area contributed by atoms with Gasteiger partial charge in [-0.25, -0.2) is 15.2 Å². The van der Waals surface area contributed by atoms with Crippen LogP contribution in [0.4, 0.5) is 14.9 Å². The van der Waals surface area contributed by atoms with E-state index >= 15 is 0 Å². The molecule has 0 spiro atoms. The average Bonchev–Trinajstić information content (AvgIpc) is 2.72. The molecular formula is C19H15ClFN5O3. The fourth-order valence-electron chi connectivity index (χ4n) is 2.20. The number of halogens is 2. The minimum Gasteiger partial charge on any atom is -0.493 e. The summed E-state index contributed by atoms with van der Waals surface area (Å²) in [4.78, 5) is 19.0. The highest BCUT2D eigenvalue weighted by molar-refractivity contribution is 6.28. The predicted octanol–water partition coefficient (Wildman–Crippen LogP) is 4.23. The Bertz CT molecular complexity index is 1030. The molecule has 3 aromatic rings. The largest absolute Gasteiger partial charge is 0.493 e. The van der Waals surface area contributed by atoms with Gasteiger partial charge in [-0.15, -0.1) is 0 Å². The number of nitrogens with one attached hydrogen (secondary N) is 2. The van der Waals surface area contributed by atoms with Crippen LogP contribution in [0, 0.1) is 5.82 Å². The number of aromatic nitrogens is 2. The lowest BCUT2D eigenvalue weighted by Crippen LogP contribution is -2.24. The number of hydrogen-bond donors (Lipinski definition) is 2. The lowest BCUT2D eigenvalue weighted by molar-refractivity contribution is 0.252. The van der Waals surface area contributed by atoms with Gasteiger partial charge in [-0.05, 0) is 47.5 Å². The topological polar surface area (TPSA) is 97.7 Å². The molecule has 0 bridgehead atoms. The number of carbonyl (C=O) groups is 1. The molecule has 0 saturated heterocycles. The molecule has 0 saturated carbocycles. The molecule has 0 atom stereocenters. The van der Waals surface area contributed by atoms with Crippen molar-refractivity contribution < 1.29 is 18.7 Å². The lowest BCUT2D eigenvalue weighted by Gasteiger charge is -2.10. The van der Waals surface area contributed by atoms with E-state index in [-0.39, 0.29) is 16.9 Å². The highest BCUT2D eigenvalue weighted by Gasteiger charge is 2.12. The summed E-state index contributed by atoms with van der Waals surface area (Å²) in [5.74, 6) is -0.579. The maximum atomic E-state index is 13.8. The summed E-state index contributed by atoms with van der Waals surface area (Å²) in [5.41, 5.74) is 3.60. The van der Waals surface area contributed by atoms with Crippen LogP contribution in [0.5, 0.6) is 17.4 Å². The molecule has 8 nitrogen and oxygen atoms in total. The normalized spacial score (nSPS) is 10.6. The summed E-state index contributed by atoms with van der Waals surface area (Å²) in [6.07, 6.45) is 2.32. The second-order valence-corrected chi connectivity index (χ2v) is 5.83. The number of carbonyl (C=O) groups excluding carboxylic acids is 1. The van der Waals surface area contributed by atoms with Crippen LogP contribution in [0.25, 0.3) is 0 Å². The number of hydrazone groups is 1. The van der Waals surface area contributed by atoms with Gasteiger partial charge in [0, 0.05) is 5.69 Å². The van der Waals surface area contributed by atoms with Gasteiger partial charge in [0.2, 0.25) is 11.1 Å². The van der Waals surface area contributed by atoms with Crippen molar-refractivity contribution in [3.8, 4) is 17.4 Å². The molecule has 0 unspecified atom stereocenters. The number of urea groups is 1. The van der Waals surface area contributed by atoms with Crippen molar-refractivity contribution in [2.75, 3.05) is 12.4 Å². The SMILES string of the molecule is COc1cc(/C=N/NC(=O)Nc2ccccc2)ccc1Oc1nc(Cl)ncc1F. The van der Waals surface area contributed by atoms with Crippen LogP contribution in [0.15, 0.2) is 59.8 Å². The van der Waals surface area contributed by atoms with Crippen molar-refractivity contribution in [3.63, 3.8) is 0 Å². The molecule has 1 heterocycles. The van der Waals surface area contributed by atoms with Crippen molar-refractivity contribution in [1.82, 2.24) is 15.4 Å². The zero-order chi connectivity index (χ0) is 20.6. The number of methoxy groups -OCH3 is 1. The Hall–Kier alpha value is -3.72. The molecule has 10 heteroatoms. The summed E-state index contributed by atoms with van der Waals surface area (Å²) in [7, 11) is 1.43. The Kier molecular flexibility index (Phi) is 6.54. The minimum atomic E-state index is -0.768. The molecule has 0 aliphatic rings. The van der Waals surface area contributed by atoms with E-state index in [4.69, 9.17) is 21.1 Å². The summed E-state index contributed by atoms with van der Waals surface area (Å²) in [5, 5.41) is 6.35. The molecule has 0 aliphatic carbocycles. The van der Waals surface area contributed by atoms with Crippen molar-refractivity contribution in [2.45, 2.75) is 0 Å². The van der Waals surface area contributed by atoms with Gasteiger partial charge in [-0.2, -0.15) is 14.5 Å². The first-order chi connectivity index (χ1) is 14.0. The molecule has 3 rings (SSSR count). The first-order valence-electron chi connectivity index (χ1n) is 8.24. The third kappa shape index (κ3) is 5.63. The second kappa shape index (κ2) is 9.47. The Balaban J connectivity index is 1.66. The molecule has 29 heavy (non-hydrogen) atoms. The number of para-hydroxylation sites is 1. The van der Waals surface area contributed by atoms with E-state index < -0.39 is 11.8 Å². The zero-order valence-electron chi connectivity index (χ0n) is 15.1. The Morgan fingerprint density at radius 3 is 2.76 bits per heavy atom. The summed E-state index contributed by atoms with van der Waals surface area (Å²) in [6, 6.07) is 13.2. The molecule has 2 amide bonds. The van der Waals surface area contributed by atoms with Gasteiger partial charge in [0.1, 0.15) is 0 Å². The van der Waals surface area contributed by atoms with E-state index in [1.807, 2.05) is 6.07 Å². The standard InChI is InChI=1S/C19H15ClFN5O3/c1-28-16-9-12(10-23-26-19(27)24-13-5-3-2-4-6-13)7-8-15(16)29-17-14(21)11-22-18(20)25-17/h2-11H,1H3,(H2,24,26,27)/b23-10+. The van der Waals surface area contributed by atoms with Crippen molar-refractivity contribution in [1.29, 1.82) is 0 Å². The van der Waals surface area contributed by atoms with Gasteiger partial charge in [0.05, 0.1) is 19.5 Å². The van der Waals surface area contributed by atoms with Crippen molar-refractivity contribution in [2.24, 2.45) is 5.10 Å². The zero-order valence-corrected chi connectivity index (χ0v) is 15.9. The van der Waals surface area contributed by atoms with E-state index in [0.29, 0.717) is 17.0 Å². The number of rotatable bonds is 6.